The number of aliphatic carboxylic acids is 1. The first-order chi connectivity index (χ1) is 9.97. The number of carboxylic acids is 1. The number of benzene rings is 2. The average Bonchev–Trinajstić information content (AvgIpc) is 2.40. The highest BCUT2D eigenvalue weighted by Crippen LogP contribution is 2.19. The van der Waals surface area contributed by atoms with Gasteiger partial charge in [0.2, 0.25) is 0 Å². The van der Waals surface area contributed by atoms with Gasteiger partial charge >= 0.3 is 5.97 Å². The fourth-order valence-corrected chi connectivity index (χ4v) is 2.54. The fourth-order valence-electron chi connectivity index (χ4n) is 1.82. The number of hydrogen-bond acceptors (Lipinski definition) is 2. The van der Waals surface area contributed by atoms with Crippen LogP contribution in [-0.4, -0.2) is 17.0 Å². The van der Waals surface area contributed by atoms with Crippen LogP contribution in [0.3, 0.4) is 0 Å². The Kier molecular flexibility index (Phi) is 4.89. The molecule has 0 unspecified atom stereocenters. The number of halogens is 2. The van der Waals surface area contributed by atoms with Gasteiger partial charge in [0.1, 0.15) is 5.82 Å². The Balaban J connectivity index is 2.25. The minimum atomic E-state index is -0.979. The van der Waals surface area contributed by atoms with Crippen LogP contribution < -0.4 is 5.32 Å². The minimum Gasteiger partial charge on any atom is -0.481 e. The van der Waals surface area contributed by atoms with Gasteiger partial charge in [0.05, 0.1) is 12.0 Å². The molecule has 0 aromatic heterocycles. The molecule has 2 N–H and O–H groups in total. The lowest BCUT2D eigenvalue weighted by atomic mass is 10.1. The Morgan fingerprint density at radius 1 is 1.19 bits per heavy atom. The van der Waals surface area contributed by atoms with E-state index in [-0.39, 0.29) is 6.42 Å². The molecule has 0 spiro atoms. The van der Waals surface area contributed by atoms with E-state index in [4.69, 9.17) is 5.11 Å². The third-order valence-corrected chi connectivity index (χ3v) is 3.68. The molecule has 0 aliphatic heterocycles. The molecule has 2 aromatic rings. The Morgan fingerprint density at radius 3 is 2.57 bits per heavy atom. The summed E-state index contributed by atoms with van der Waals surface area (Å²) in [6.45, 7) is 0. The number of carbonyl (C=O) groups is 2. The highest BCUT2D eigenvalue weighted by Gasteiger charge is 2.13. The van der Waals surface area contributed by atoms with Gasteiger partial charge in [-0.05, 0) is 52.4 Å². The summed E-state index contributed by atoms with van der Waals surface area (Å²) in [6.07, 6.45) is -0.184. The summed E-state index contributed by atoms with van der Waals surface area (Å²) in [5.74, 6) is -1.80. The number of anilines is 1. The van der Waals surface area contributed by atoms with Crippen LogP contribution in [0.15, 0.2) is 42.5 Å². The molecule has 0 saturated heterocycles. The molecule has 1 amide bonds. The zero-order valence-corrected chi connectivity index (χ0v) is 12.9. The number of rotatable bonds is 4. The molecule has 0 bridgehead atoms. The van der Waals surface area contributed by atoms with Crippen molar-refractivity contribution >= 4 is 40.2 Å². The first-order valence-corrected chi connectivity index (χ1v) is 7.11. The Morgan fingerprint density at radius 2 is 1.90 bits per heavy atom. The van der Waals surface area contributed by atoms with Crippen LogP contribution in [0.5, 0.6) is 0 Å². The van der Waals surface area contributed by atoms with Gasteiger partial charge in [-0.1, -0.05) is 18.2 Å². The van der Waals surface area contributed by atoms with Gasteiger partial charge in [-0.2, -0.15) is 0 Å². The number of nitrogens with one attached hydrogen (secondary N) is 1. The van der Waals surface area contributed by atoms with E-state index < -0.39 is 17.7 Å². The molecule has 0 atom stereocenters. The van der Waals surface area contributed by atoms with Crippen LogP contribution in [0.4, 0.5) is 10.1 Å². The molecule has 0 fully saturated rings. The van der Waals surface area contributed by atoms with Crippen molar-refractivity contribution in [1.29, 1.82) is 0 Å². The molecule has 0 heterocycles. The lowest BCUT2D eigenvalue weighted by Gasteiger charge is -2.10. The number of carbonyl (C=O) groups excluding carboxylic acids is 1. The predicted molar refractivity (Wildman–Crippen MR) is 84.9 cm³/mol. The molecule has 21 heavy (non-hydrogen) atoms. The van der Waals surface area contributed by atoms with Crippen molar-refractivity contribution in [3.05, 3.63) is 63.0 Å². The van der Waals surface area contributed by atoms with Crippen molar-refractivity contribution < 1.29 is 19.1 Å². The van der Waals surface area contributed by atoms with E-state index in [9.17, 15) is 14.0 Å². The molecule has 4 nitrogen and oxygen atoms in total. The van der Waals surface area contributed by atoms with Gasteiger partial charge in [0, 0.05) is 9.26 Å². The van der Waals surface area contributed by atoms with E-state index in [0.717, 1.165) is 0 Å². The van der Waals surface area contributed by atoms with Crippen molar-refractivity contribution in [2.75, 3.05) is 5.32 Å². The average molecular weight is 399 g/mol. The number of hydrogen-bond donors (Lipinski definition) is 2. The summed E-state index contributed by atoms with van der Waals surface area (Å²) in [4.78, 5) is 23.0. The zero-order valence-electron chi connectivity index (χ0n) is 10.8. The molecule has 0 radical (unpaired) electrons. The third kappa shape index (κ3) is 4.01. The van der Waals surface area contributed by atoms with Crippen LogP contribution in [0.2, 0.25) is 0 Å². The second-order valence-corrected chi connectivity index (χ2v) is 5.47. The number of carboxylic acid groups (broad SMARTS) is 1. The third-order valence-electron chi connectivity index (χ3n) is 2.78. The standard InChI is InChI=1S/C15H11FINO3/c16-10-5-6-11(12(17)8-10)15(21)18-13-4-2-1-3-9(13)7-14(19)20/h1-6,8H,7H2,(H,18,21)(H,19,20). The molecule has 0 aliphatic rings. The molecule has 2 rings (SSSR count). The summed E-state index contributed by atoms with van der Waals surface area (Å²) in [5, 5.41) is 11.5. The lowest BCUT2D eigenvalue weighted by Crippen LogP contribution is -2.15. The molecule has 0 saturated carbocycles. The van der Waals surface area contributed by atoms with Crippen molar-refractivity contribution in [2.45, 2.75) is 6.42 Å². The number of amides is 1. The van der Waals surface area contributed by atoms with E-state index in [1.807, 2.05) is 22.6 Å². The maximum absolute atomic E-state index is 13.0. The Hall–Kier alpha value is -1.96. The first kappa shape index (κ1) is 15.4. The summed E-state index contributed by atoms with van der Waals surface area (Å²) in [6, 6.07) is 10.5. The molecule has 108 valence electrons. The van der Waals surface area contributed by atoms with Crippen molar-refractivity contribution in [3.8, 4) is 0 Å². The van der Waals surface area contributed by atoms with E-state index in [1.54, 1.807) is 24.3 Å². The maximum atomic E-state index is 13.0. The quantitative estimate of drug-likeness (QED) is 0.776. The normalized spacial score (nSPS) is 10.2. The highest BCUT2D eigenvalue weighted by molar-refractivity contribution is 14.1. The second kappa shape index (κ2) is 6.66. The van der Waals surface area contributed by atoms with Gasteiger partial charge in [0.15, 0.2) is 0 Å². The van der Waals surface area contributed by atoms with Crippen LogP contribution in [-0.2, 0) is 11.2 Å². The smallest absolute Gasteiger partial charge is 0.307 e. The summed E-state index contributed by atoms with van der Waals surface area (Å²) >= 11 is 1.88. The Bertz CT molecular complexity index is 703. The molecular weight excluding hydrogens is 388 g/mol. The van der Waals surface area contributed by atoms with Crippen molar-refractivity contribution in [1.82, 2.24) is 0 Å². The van der Waals surface area contributed by atoms with Gasteiger partial charge in [-0.15, -0.1) is 0 Å². The van der Waals surface area contributed by atoms with Gasteiger partial charge in [-0.25, -0.2) is 4.39 Å². The van der Waals surface area contributed by atoms with Gasteiger partial charge in [0.25, 0.3) is 5.91 Å². The molecular formula is C15H11FINO3. The van der Waals surface area contributed by atoms with Gasteiger partial charge < -0.3 is 10.4 Å². The SMILES string of the molecule is O=C(O)Cc1ccccc1NC(=O)c1ccc(F)cc1I. The predicted octanol–water partition coefficient (Wildman–Crippen LogP) is 3.31. The van der Waals surface area contributed by atoms with Crippen LogP contribution in [0, 0.1) is 9.39 Å². The van der Waals surface area contributed by atoms with E-state index >= 15 is 0 Å². The number of para-hydroxylation sites is 1. The van der Waals surface area contributed by atoms with E-state index in [0.29, 0.717) is 20.4 Å². The summed E-state index contributed by atoms with van der Waals surface area (Å²) in [7, 11) is 0. The van der Waals surface area contributed by atoms with Crippen LogP contribution in [0.25, 0.3) is 0 Å². The molecule has 2 aromatic carbocycles. The fraction of sp³-hybridized carbons (Fsp3) is 0.0667. The van der Waals surface area contributed by atoms with Crippen LogP contribution >= 0.6 is 22.6 Å². The van der Waals surface area contributed by atoms with Gasteiger partial charge in [-0.3, -0.25) is 9.59 Å². The lowest BCUT2D eigenvalue weighted by molar-refractivity contribution is -0.136. The van der Waals surface area contributed by atoms with Crippen molar-refractivity contribution in [3.63, 3.8) is 0 Å². The minimum absolute atomic E-state index is 0.184. The summed E-state index contributed by atoms with van der Waals surface area (Å²) < 4.78 is 13.5. The monoisotopic (exact) mass is 399 g/mol. The maximum Gasteiger partial charge on any atom is 0.307 e. The topological polar surface area (TPSA) is 66.4 Å². The largest absolute Gasteiger partial charge is 0.481 e. The highest BCUT2D eigenvalue weighted by atomic mass is 127. The molecule has 0 aliphatic carbocycles. The van der Waals surface area contributed by atoms with Crippen LogP contribution in [0.1, 0.15) is 15.9 Å². The van der Waals surface area contributed by atoms with Crippen molar-refractivity contribution in [2.24, 2.45) is 0 Å². The Labute approximate surface area is 134 Å². The molecule has 6 heteroatoms. The second-order valence-electron chi connectivity index (χ2n) is 4.31. The van der Waals surface area contributed by atoms with E-state index in [1.165, 1.54) is 18.2 Å². The zero-order chi connectivity index (χ0) is 15.4. The summed E-state index contributed by atoms with van der Waals surface area (Å²) in [5.41, 5.74) is 1.28. The van der Waals surface area contributed by atoms with E-state index in [2.05, 4.69) is 5.32 Å². The first-order valence-electron chi connectivity index (χ1n) is 6.03.